The van der Waals surface area contributed by atoms with Crippen LogP contribution >= 0.6 is 0 Å². The third kappa shape index (κ3) is 4.80. The second kappa shape index (κ2) is 7.97. The summed E-state index contributed by atoms with van der Waals surface area (Å²) in [5, 5.41) is 14.8. The van der Waals surface area contributed by atoms with Crippen LogP contribution in [0.15, 0.2) is 30.3 Å². The molecule has 0 saturated carbocycles. The summed E-state index contributed by atoms with van der Waals surface area (Å²) < 4.78 is 20.5. The quantitative estimate of drug-likeness (QED) is 0.836. The summed E-state index contributed by atoms with van der Waals surface area (Å²) in [6, 6.07) is 8.33. The maximum Gasteiger partial charge on any atom is 0.123 e. The van der Waals surface area contributed by atoms with Crippen molar-refractivity contribution in [2.24, 2.45) is 0 Å². The first-order chi connectivity index (χ1) is 12.0. The minimum atomic E-state index is -0.578. The predicted octanol–water partition coefficient (Wildman–Crippen LogP) is 2.54. The highest BCUT2D eigenvalue weighted by atomic mass is 19.1. The summed E-state index contributed by atoms with van der Waals surface area (Å²) in [6.45, 7) is 6.69. The Morgan fingerprint density at radius 3 is 2.76 bits per heavy atom. The Morgan fingerprint density at radius 2 is 2.08 bits per heavy atom. The van der Waals surface area contributed by atoms with Crippen molar-refractivity contribution in [2.45, 2.75) is 45.4 Å². The van der Waals surface area contributed by atoms with Crippen LogP contribution in [0.25, 0.3) is 0 Å². The van der Waals surface area contributed by atoms with Gasteiger partial charge in [-0.15, -0.1) is 0 Å². The molecule has 3 rings (SSSR count). The molecule has 0 aliphatic carbocycles. The Labute approximate surface area is 148 Å². The van der Waals surface area contributed by atoms with Gasteiger partial charge in [-0.3, -0.25) is 9.58 Å². The number of halogens is 1. The van der Waals surface area contributed by atoms with Gasteiger partial charge in [0.1, 0.15) is 24.3 Å². The first-order valence-electron chi connectivity index (χ1n) is 8.83. The summed E-state index contributed by atoms with van der Waals surface area (Å²) >= 11 is 0. The first-order valence-corrected chi connectivity index (χ1v) is 8.83. The lowest BCUT2D eigenvalue weighted by atomic mass is 10.2. The molecule has 5 nitrogen and oxygen atoms in total. The molecular weight excluding hydrogens is 321 g/mol. The maximum absolute atomic E-state index is 12.9. The zero-order valence-electron chi connectivity index (χ0n) is 14.9. The molecule has 6 heteroatoms. The molecule has 2 heterocycles. The summed E-state index contributed by atoms with van der Waals surface area (Å²) in [6.07, 6.45) is 1.67. The number of aliphatic hydroxyl groups is 1. The van der Waals surface area contributed by atoms with Gasteiger partial charge in [0.15, 0.2) is 0 Å². The van der Waals surface area contributed by atoms with Gasteiger partial charge >= 0.3 is 0 Å². The number of aromatic nitrogens is 2. The van der Waals surface area contributed by atoms with Crippen LogP contribution in [-0.4, -0.2) is 51.6 Å². The third-order valence-electron chi connectivity index (χ3n) is 4.69. The van der Waals surface area contributed by atoms with Crippen LogP contribution < -0.4 is 4.74 Å². The Kier molecular flexibility index (Phi) is 5.71. The van der Waals surface area contributed by atoms with Gasteiger partial charge < -0.3 is 9.84 Å². The lowest BCUT2D eigenvalue weighted by molar-refractivity contribution is 0.0608. The van der Waals surface area contributed by atoms with E-state index in [4.69, 9.17) is 4.74 Å². The van der Waals surface area contributed by atoms with Gasteiger partial charge in [0.2, 0.25) is 0 Å². The highest BCUT2D eigenvalue weighted by Gasteiger charge is 2.27. The molecular formula is C19H26FN3O2. The van der Waals surface area contributed by atoms with Crippen LogP contribution in [0.3, 0.4) is 0 Å². The zero-order valence-corrected chi connectivity index (χ0v) is 14.9. The van der Waals surface area contributed by atoms with Gasteiger partial charge in [-0.1, -0.05) is 0 Å². The number of likely N-dealkylation sites (tertiary alicyclic amines) is 1. The number of hydrogen-bond donors (Lipinski definition) is 1. The molecule has 136 valence electrons. The fourth-order valence-electron chi connectivity index (χ4n) is 3.45. The average Bonchev–Trinajstić information content (AvgIpc) is 3.13. The molecule has 0 unspecified atom stereocenters. The lowest BCUT2D eigenvalue weighted by Crippen LogP contribution is -2.40. The molecule has 2 atom stereocenters. The maximum atomic E-state index is 12.9. The smallest absolute Gasteiger partial charge is 0.123 e. The molecule has 1 fully saturated rings. The van der Waals surface area contributed by atoms with Gasteiger partial charge in [0.05, 0.1) is 12.2 Å². The SMILES string of the molecule is Cc1cc(C)n(C[C@@H]2CCCN2C[C@@H](O)COc2ccc(F)cc2)n1. The van der Waals surface area contributed by atoms with E-state index < -0.39 is 6.10 Å². The minimum absolute atomic E-state index is 0.203. The number of hydrogen-bond acceptors (Lipinski definition) is 4. The standard InChI is InChI=1S/C19H26FN3O2/c1-14-10-15(2)23(21-14)11-17-4-3-9-22(17)12-18(24)13-25-19-7-5-16(20)6-8-19/h5-8,10,17-18,24H,3-4,9,11-13H2,1-2H3/t17-,18+/m0/s1. The van der Waals surface area contributed by atoms with Gasteiger partial charge in [-0.2, -0.15) is 5.10 Å². The van der Waals surface area contributed by atoms with E-state index in [1.54, 1.807) is 12.1 Å². The Bertz CT molecular complexity index is 686. The van der Waals surface area contributed by atoms with Crippen LogP contribution in [-0.2, 0) is 6.54 Å². The molecule has 0 radical (unpaired) electrons. The highest BCUT2D eigenvalue weighted by Crippen LogP contribution is 2.20. The Hall–Kier alpha value is -1.92. The van der Waals surface area contributed by atoms with E-state index in [-0.39, 0.29) is 12.4 Å². The number of ether oxygens (including phenoxy) is 1. The van der Waals surface area contributed by atoms with Crippen LogP contribution in [0.2, 0.25) is 0 Å². The molecule has 1 saturated heterocycles. The molecule has 1 aliphatic rings. The first kappa shape index (κ1) is 17.9. The number of aryl methyl sites for hydroxylation is 2. The molecule has 1 aromatic heterocycles. The van der Waals surface area contributed by atoms with Crippen molar-refractivity contribution in [1.29, 1.82) is 0 Å². The average molecular weight is 347 g/mol. The number of rotatable bonds is 7. The summed E-state index contributed by atoms with van der Waals surface area (Å²) in [5.41, 5.74) is 2.21. The number of benzene rings is 1. The molecule has 0 bridgehead atoms. The summed E-state index contributed by atoms with van der Waals surface area (Å²) in [4.78, 5) is 2.31. The van der Waals surface area contributed by atoms with Crippen molar-refractivity contribution in [3.05, 3.63) is 47.5 Å². The second-order valence-corrected chi connectivity index (χ2v) is 6.82. The van der Waals surface area contributed by atoms with E-state index in [1.165, 1.54) is 17.8 Å². The monoisotopic (exact) mass is 347 g/mol. The van der Waals surface area contributed by atoms with Gasteiger partial charge in [-0.05, 0) is 63.6 Å². The van der Waals surface area contributed by atoms with Gasteiger partial charge in [-0.25, -0.2) is 4.39 Å². The zero-order chi connectivity index (χ0) is 17.8. The third-order valence-corrected chi connectivity index (χ3v) is 4.69. The van der Waals surface area contributed by atoms with Crippen LogP contribution in [0.4, 0.5) is 4.39 Å². The predicted molar refractivity (Wildman–Crippen MR) is 94.2 cm³/mol. The largest absolute Gasteiger partial charge is 0.491 e. The van der Waals surface area contributed by atoms with Gasteiger partial charge in [0.25, 0.3) is 0 Å². The highest BCUT2D eigenvalue weighted by molar-refractivity contribution is 5.22. The van der Waals surface area contributed by atoms with Crippen molar-refractivity contribution >= 4 is 0 Å². The molecule has 1 aromatic carbocycles. The van der Waals surface area contributed by atoms with Crippen molar-refractivity contribution in [3.63, 3.8) is 0 Å². The van der Waals surface area contributed by atoms with E-state index >= 15 is 0 Å². The summed E-state index contributed by atoms with van der Waals surface area (Å²) in [7, 11) is 0. The van der Waals surface area contributed by atoms with Crippen molar-refractivity contribution in [3.8, 4) is 5.75 Å². The molecule has 0 amide bonds. The number of β-amino-alcohol motifs (C(OH)–C–C–N with tert-alkyl or cyclic N) is 1. The fraction of sp³-hybridized carbons (Fsp3) is 0.526. The van der Waals surface area contributed by atoms with Gasteiger partial charge in [0, 0.05) is 18.3 Å². The van der Waals surface area contributed by atoms with E-state index in [0.29, 0.717) is 18.3 Å². The molecule has 1 aliphatic heterocycles. The molecule has 25 heavy (non-hydrogen) atoms. The van der Waals surface area contributed by atoms with Crippen molar-refractivity contribution in [1.82, 2.24) is 14.7 Å². The second-order valence-electron chi connectivity index (χ2n) is 6.82. The van der Waals surface area contributed by atoms with E-state index in [2.05, 4.69) is 27.7 Å². The minimum Gasteiger partial charge on any atom is -0.491 e. The van der Waals surface area contributed by atoms with Crippen LogP contribution in [0, 0.1) is 19.7 Å². The van der Waals surface area contributed by atoms with E-state index in [1.807, 2.05) is 6.92 Å². The lowest BCUT2D eigenvalue weighted by Gasteiger charge is -2.27. The fourth-order valence-corrected chi connectivity index (χ4v) is 3.45. The van der Waals surface area contributed by atoms with Crippen molar-refractivity contribution < 1.29 is 14.2 Å². The summed E-state index contributed by atoms with van der Waals surface area (Å²) in [5.74, 6) is 0.276. The number of nitrogens with zero attached hydrogens (tertiary/aromatic N) is 3. The Balaban J connectivity index is 1.50. The number of aliphatic hydroxyl groups excluding tert-OH is 1. The molecule has 0 spiro atoms. The molecule has 1 N–H and O–H groups in total. The normalized spacial score (nSPS) is 19.3. The van der Waals surface area contributed by atoms with E-state index in [9.17, 15) is 9.50 Å². The Morgan fingerprint density at radius 1 is 1.32 bits per heavy atom. The molecule has 2 aromatic rings. The van der Waals surface area contributed by atoms with Crippen LogP contribution in [0.1, 0.15) is 24.2 Å². The van der Waals surface area contributed by atoms with Crippen LogP contribution in [0.5, 0.6) is 5.75 Å². The van der Waals surface area contributed by atoms with Crippen molar-refractivity contribution in [2.75, 3.05) is 19.7 Å². The van der Waals surface area contributed by atoms with E-state index in [0.717, 1.165) is 31.6 Å². The topological polar surface area (TPSA) is 50.5 Å².